The smallest absolute Gasteiger partial charge is 0.0927 e. The molecule has 1 N–H and O–H groups in total. The lowest BCUT2D eigenvalue weighted by atomic mass is 9.79. The number of aryl methyl sites for hydroxylation is 1. The monoisotopic (exact) mass is 218 g/mol. The number of aliphatic hydroxyl groups is 1. The predicted molar refractivity (Wildman–Crippen MR) is 67.4 cm³/mol. The van der Waals surface area contributed by atoms with Gasteiger partial charge < -0.3 is 5.11 Å². The van der Waals surface area contributed by atoms with E-state index in [1.54, 1.807) is 0 Å². The van der Waals surface area contributed by atoms with Crippen molar-refractivity contribution in [2.45, 2.75) is 52.1 Å². The maximum atomic E-state index is 10.9. The summed E-state index contributed by atoms with van der Waals surface area (Å²) in [6.45, 7) is 6.44. The van der Waals surface area contributed by atoms with Crippen LogP contribution >= 0.6 is 0 Å². The van der Waals surface area contributed by atoms with E-state index < -0.39 is 5.60 Å². The minimum Gasteiger partial charge on any atom is -0.385 e. The molecule has 2 atom stereocenters. The van der Waals surface area contributed by atoms with E-state index in [1.165, 1.54) is 17.5 Å². The van der Waals surface area contributed by atoms with Crippen LogP contribution in [0.5, 0.6) is 0 Å². The molecule has 1 aliphatic rings. The molecule has 2 unspecified atom stereocenters. The van der Waals surface area contributed by atoms with E-state index in [1.807, 2.05) is 0 Å². The zero-order valence-corrected chi connectivity index (χ0v) is 10.6. The Hall–Kier alpha value is -0.820. The summed E-state index contributed by atoms with van der Waals surface area (Å²) in [6, 6.07) is 6.30. The SMILES string of the molecule is CCC1CCCC1(O)c1cccc(C)c1C. The number of rotatable bonds is 2. The van der Waals surface area contributed by atoms with Crippen molar-refractivity contribution < 1.29 is 5.11 Å². The third kappa shape index (κ3) is 1.67. The molecule has 1 aliphatic carbocycles. The minimum atomic E-state index is -0.565. The van der Waals surface area contributed by atoms with Crippen LogP contribution in [0.25, 0.3) is 0 Å². The van der Waals surface area contributed by atoms with E-state index >= 15 is 0 Å². The number of benzene rings is 1. The molecule has 1 fully saturated rings. The Kier molecular flexibility index (Phi) is 3.07. The third-order valence-corrected chi connectivity index (χ3v) is 4.35. The van der Waals surface area contributed by atoms with E-state index in [9.17, 15) is 5.11 Å². The Morgan fingerprint density at radius 3 is 2.81 bits per heavy atom. The second kappa shape index (κ2) is 4.21. The van der Waals surface area contributed by atoms with Crippen LogP contribution in [0.3, 0.4) is 0 Å². The highest BCUT2D eigenvalue weighted by molar-refractivity contribution is 5.38. The summed E-state index contributed by atoms with van der Waals surface area (Å²) in [7, 11) is 0. The zero-order chi connectivity index (χ0) is 11.8. The van der Waals surface area contributed by atoms with Gasteiger partial charge in [0.2, 0.25) is 0 Å². The van der Waals surface area contributed by atoms with Crippen LogP contribution < -0.4 is 0 Å². The Morgan fingerprint density at radius 1 is 1.38 bits per heavy atom. The molecule has 0 heterocycles. The normalized spacial score (nSPS) is 29.6. The van der Waals surface area contributed by atoms with Crippen LogP contribution in [-0.4, -0.2) is 5.11 Å². The molecule has 16 heavy (non-hydrogen) atoms. The van der Waals surface area contributed by atoms with Gasteiger partial charge in [-0.2, -0.15) is 0 Å². The van der Waals surface area contributed by atoms with Crippen molar-refractivity contribution in [2.75, 3.05) is 0 Å². The summed E-state index contributed by atoms with van der Waals surface area (Å²) in [5.41, 5.74) is 3.15. The molecular weight excluding hydrogens is 196 g/mol. The van der Waals surface area contributed by atoms with Crippen LogP contribution in [0.1, 0.15) is 49.3 Å². The molecule has 1 aromatic rings. The molecule has 2 rings (SSSR count). The first kappa shape index (κ1) is 11.7. The summed E-state index contributed by atoms with van der Waals surface area (Å²) in [5.74, 6) is 0.438. The van der Waals surface area contributed by atoms with Gasteiger partial charge in [0.25, 0.3) is 0 Å². The van der Waals surface area contributed by atoms with Crippen LogP contribution in [0.15, 0.2) is 18.2 Å². The quantitative estimate of drug-likeness (QED) is 0.802. The summed E-state index contributed by atoms with van der Waals surface area (Å²) in [6.07, 6.45) is 4.32. The second-order valence-electron chi connectivity index (χ2n) is 5.17. The molecule has 0 radical (unpaired) electrons. The van der Waals surface area contributed by atoms with Crippen molar-refractivity contribution >= 4 is 0 Å². The maximum Gasteiger partial charge on any atom is 0.0927 e. The van der Waals surface area contributed by atoms with Crippen molar-refractivity contribution in [1.82, 2.24) is 0 Å². The average molecular weight is 218 g/mol. The molecule has 0 amide bonds. The highest BCUT2D eigenvalue weighted by Gasteiger charge is 2.42. The van der Waals surface area contributed by atoms with Gasteiger partial charge in [-0.15, -0.1) is 0 Å². The largest absolute Gasteiger partial charge is 0.385 e. The highest BCUT2D eigenvalue weighted by atomic mass is 16.3. The van der Waals surface area contributed by atoms with E-state index in [-0.39, 0.29) is 0 Å². The fraction of sp³-hybridized carbons (Fsp3) is 0.600. The van der Waals surface area contributed by atoms with Gasteiger partial charge in [-0.05, 0) is 55.7 Å². The van der Waals surface area contributed by atoms with Crippen molar-refractivity contribution in [3.63, 3.8) is 0 Å². The van der Waals surface area contributed by atoms with Crippen LogP contribution in [0.2, 0.25) is 0 Å². The van der Waals surface area contributed by atoms with Crippen LogP contribution in [-0.2, 0) is 5.60 Å². The molecule has 88 valence electrons. The lowest BCUT2D eigenvalue weighted by Gasteiger charge is -2.32. The van der Waals surface area contributed by atoms with E-state index in [4.69, 9.17) is 0 Å². The Balaban J connectivity index is 2.46. The predicted octanol–water partition coefficient (Wildman–Crippen LogP) is 3.70. The second-order valence-corrected chi connectivity index (χ2v) is 5.17. The summed E-state index contributed by atoms with van der Waals surface area (Å²) in [5, 5.41) is 10.9. The first-order valence-corrected chi connectivity index (χ1v) is 6.38. The Bertz CT molecular complexity index is 383. The molecule has 0 saturated heterocycles. The zero-order valence-electron chi connectivity index (χ0n) is 10.6. The first-order valence-electron chi connectivity index (χ1n) is 6.38. The Labute approximate surface area is 98.5 Å². The molecule has 1 aromatic carbocycles. The molecule has 0 aromatic heterocycles. The van der Waals surface area contributed by atoms with Crippen molar-refractivity contribution in [2.24, 2.45) is 5.92 Å². The molecule has 1 heteroatoms. The van der Waals surface area contributed by atoms with Gasteiger partial charge in [-0.3, -0.25) is 0 Å². The van der Waals surface area contributed by atoms with Crippen molar-refractivity contribution in [3.05, 3.63) is 34.9 Å². The van der Waals surface area contributed by atoms with Gasteiger partial charge in [0, 0.05) is 0 Å². The minimum absolute atomic E-state index is 0.438. The lowest BCUT2D eigenvalue weighted by Crippen LogP contribution is -2.30. The molecule has 0 aliphatic heterocycles. The van der Waals surface area contributed by atoms with Crippen LogP contribution in [0.4, 0.5) is 0 Å². The van der Waals surface area contributed by atoms with Gasteiger partial charge in [0.1, 0.15) is 0 Å². The number of hydrogen-bond donors (Lipinski definition) is 1. The fourth-order valence-corrected chi connectivity index (χ4v) is 3.18. The van der Waals surface area contributed by atoms with Gasteiger partial charge in [-0.25, -0.2) is 0 Å². The maximum absolute atomic E-state index is 10.9. The van der Waals surface area contributed by atoms with Crippen LogP contribution in [0, 0.1) is 19.8 Å². The molecule has 1 saturated carbocycles. The number of hydrogen-bond acceptors (Lipinski definition) is 1. The summed E-state index contributed by atoms with van der Waals surface area (Å²) >= 11 is 0. The molecule has 0 spiro atoms. The van der Waals surface area contributed by atoms with E-state index in [0.717, 1.165) is 24.8 Å². The average Bonchev–Trinajstić information content (AvgIpc) is 2.64. The van der Waals surface area contributed by atoms with Gasteiger partial charge in [0.15, 0.2) is 0 Å². The van der Waals surface area contributed by atoms with Gasteiger partial charge in [-0.1, -0.05) is 31.5 Å². The Morgan fingerprint density at radius 2 is 2.12 bits per heavy atom. The van der Waals surface area contributed by atoms with Crippen molar-refractivity contribution in [3.8, 4) is 0 Å². The first-order chi connectivity index (χ1) is 7.59. The lowest BCUT2D eigenvalue weighted by molar-refractivity contribution is -0.00448. The molecular formula is C15H22O. The third-order valence-electron chi connectivity index (χ3n) is 4.35. The molecule has 1 nitrogen and oxygen atoms in total. The standard InChI is InChI=1S/C15H22O/c1-4-13-8-6-10-15(13,16)14-9-5-7-11(2)12(14)3/h5,7,9,13,16H,4,6,8,10H2,1-3H3. The summed E-state index contributed by atoms with van der Waals surface area (Å²) in [4.78, 5) is 0. The van der Waals surface area contributed by atoms with Gasteiger partial charge >= 0.3 is 0 Å². The highest BCUT2D eigenvalue weighted by Crippen LogP contribution is 2.46. The molecule has 0 bridgehead atoms. The van der Waals surface area contributed by atoms with E-state index in [2.05, 4.69) is 39.0 Å². The summed E-state index contributed by atoms with van der Waals surface area (Å²) < 4.78 is 0. The van der Waals surface area contributed by atoms with Crippen molar-refractivity contribution in [1.29, 1.82) is 0 Å². The fourth-order valence-electron chi connectivity index (χ4n) is 3.18. The topological polar surface area (TPSA) is 20.2 Å². The van der Waals surface area contributed by atoms with Gasteiger partial charge in [0.05, 0.1) is 5.60 Å². The van der Waals surface area contributed by atoms with E-state index in [0.29, 0.717) is 5.92 Å².